The maximum atomic E-state index is 4.58. The normalized spacial score (nSPS) is 16.0. The number of hydrogen-bond acceptors (Lipinski definition) is 5. The second-order valence-electron chi connectivity index (χ2n) is 5.22. The van der Waals surface area contributed by atoms with Gasteiger partial charge in [0.1, 0.15) is 11.6 Å². The van der Waals surface area contributed by atoms with Gasteiger partial charge in [0.15, 0.2) is 0 Å². The minimum atomic E-state index is 0.908. The number of nitrogens with one attached hydrogen (secondary N) is 1. The molecule has 0 radical (unpaired) electrons. The zero-order chi connectivity index (χ0) is 14.5. The van der Waals surface area contributed by atoms with Gasteiger partial charge in [-0.05, 0) is 24.3 Å². The smallest absolute Gasteiger partial charge is 0.128 e. The van der Waals surface area contributed by atoms with E-state index >= 15 is 0 Å². The van der Waals surface area contributed by atoms with Crippen LogP contribution in [0.4, 0.5) is 11.6 Å². The zero-order valence-corrected chi connectivity index (χ0v) is 12.4. The highest BCUT2D eigenvalue weighted by Crippen LogP contribution is 2.14. The molecule has 5 nitrogen and oxygen atoms in total. The topological polar surface area (TPSA) is 44.3 Å². The Labute approximate surface area is 125 Å². The van der Waals surface area contributed by atoms with Crippen molar-refractivity contribution in [3.05, 3.63) is 48.3 Å². The van der Waals surface area contributed by atoms with Crippen molar-refractivity contribution in [1.29, 1.82) is 0 Å². The fourth-order valence-corrected chi connectivity index (χ4v) is 2.61. The molecule has 0 aromatic carbocycles. The van der Waals surface area contributed by atoms with E-state index in [0.29, 0.717) is 0 Å². The van der Waals surface area contributed by atoms with Crippen LogP contribution in [0, 0.1) is 0 Å². The molecule has 0 atom stereocenters. The first kappa shape index (κ1) is 13.8. The molecule has 3 rings (SSSR count). The van der Waals surface area contributed by atoms with Crippen LogP contribution in [0.5, 0.6) is 0 Å². The summed E-state index contributed by atoms with van der Waals surface area (Å²) in [7, 11) is 1.90. The summed E-state index contributed by atoms with van der Waals surface area (Å²) in [6.45, 7) is 5.03. The van der Waals surface area contributed by atoms with E-state index in [2.05, 4.69) is 43.3 Å². The van der Waals surface area contributed by atoms with Crippen LogP contribution in [0.3, 0.4) is 0 Å². The number of pyridine rings is 2. The molecule has 2 aromatic rings. The molecule has 2 aromatic heterocycles. The SMILES string of the molecule is CNc1cccc(CN2CCN(c3ccccn3)CC2)n1. The van der Waals surface area contributed by atoms with Crippen molar-refractivity contribution in [3.63, 3.8) is 0 Å². The van der Waals surface area contributed by atoms with Crippen molar-refractivity contribution < 1.29 is 0 Å². The van der Waals surface area contributed by atoms with Crippen LogP contribution >= 0.6 is 0 Å². The van der Waals surface area contributed by atoms with Gasteiger partial charge in [-0.2, -0.15) is 0 Å². The highest BCUT2D eigenvalue weighted by molar-refractivity contribution is 5.38. The van der Waals surface area contributed by atoms with Crippen LogP contribution in [0.2, 0.25) is 0 Å². The van der Waals surface area contributed by atoms with E-state index in [1.807, 2.05) is 31.4 Å². The second-order valence-corrected chi connectivity index (χ2v) is 5.22. The monoisotopic (exact) mass is 283 g/mol. The minimum absolute atomic E-state index is 0.908. The van der Waals surface area contributed by atoms with Crippen LogP contribution in [-0.4, -0.2) is 48.1 Å². The highest BCUT2D eigenvalue weighted by Gasteiger charge is 2.18. The lowest BCUT2D eigenvalue weighted by molar-refractivity contribution is 0.246. The summed E-state index contributed by atoms with van der Waals surface area (Å²) in [5.74, 6) is 2.01. The van der Waals surface area contributed by atoms with Gasteiger partial charge >= 0.3 is 0 Å². The van der Waals surface area contributed by atoms with E-state index in [9.17, 15) is 0 Å². The van der Waals surface area contributed by atoms with E-state index in [1.54, 1.807) is 0 Å². The van der Waals surface area contributed by atoms with Gasteiger partial charge in [-0.1, -0.05) is 12.1 Å². The molecular weight excluding hydrogens is 262 g/mol. The predicted molar refractivity (Wildman–Crippen MR) is 85.5 cm³/mol. The summed E-state index contributed by atoms with van der Waals surface area (Å²) in [6.07, 6.45) is 1.86. The second kappa shape index (κ2) is 6.54. The fourth-order valence-electron chi connectivity index (χ4n) is 2.61. The molecule has 0 saturated carbocycles. The average Bonchev–Trinajstić information content (AvgIpc) is 2.56. The van der Waals surface area contributed by atoms with Gasteiger partial charge in [-0.3, -0.25) is 4.90 Å². The van der Waals surface area contributed by atoms with Crippen LogP contribution in [0.25, 0.3) is 0 Å². The number of aromatic nitrogens is 2. The standard InChI is InChI=1S/C16H21N5/c1-17-15-6-4-5-14(19-15)13-20-9-11-21(12-10-20)16-7-2-3-8-18-16/h2-8H,9-13H2,1H3,(H,17,19). The van der Waals surface area contributed by atoms with Crippen molar-refractivity contribution in [3.8, 4) is 0 Å². The summed E-state index contributed by atoms with van der Waals surface area (Å²) in [5, 5.41) is 3.09. The van der Waals surface area contributed by atoms with Crippen LogP contribution in [-0.2, 0) is 6.54 Å². The highest BCUT2D eigenvalue weighted by atomic mass is 15.3. The molecule has 1 N–H and O–H groups in total. The van der Waals surface area contributed by atoms with Gasteiger partial charge in [-0.15, -0.1) is 0 Å². The van der Waals surface area contributed by atoms with Gasteiger partial charge in [0.2, 0.25) is 0 Å². The number of nitrogens with zero attached hydrogens (tertiary/aromatic N) is 4. The molecule has 1 fully saturated rings. The summed E-state index contributed by atoms with van der Waals surface area (Å²) >= 11 is 0. The lowest BCUT2D eigenvalue weighted by Gasteiger charge is -2.35. The molecule has 5 heteroatoms. The van der Waals surface area contributed by atoms with E-state index in [4.69, 9.17) is 0 Å². The van der Waals surface area contributed by atoms with E-state index < -0.39 is 0 Å². The van der Waals surface area contributed by atoms with E-state index in [0.717, 1.165) is 50.1 Å². The van der Waals surface area contributed by atoms with Gasteiger partial charge in [-0.25, -0.2) is 9.97 Å². The van der Waals surface area contributed by atoms with Crippen molar-refractivity contribution in [2.45, 2.75) is 6.54 Å². The molecular formula is C16H21N5. The van der Waals surface area contributed by atoms with Gasteiger partial charge in [0.05, 0.1) is 5.69 Å². The summed E-state index contributed by atoms with van der Waals surface area (Å²) < 4.78 is 0. The van der Waals surface area contributed by atoms with Gasteiger partial charge in [0.25, 0.3) is 0 Å². The summed E-state index contributed by atoms with van der Waals surface area (Å²) in [5.41, 5.74) is 1.12. The Bertz CT molecular complexity index is 564. The van der Waals surface area contributed by atoms with E-state index in [1.165, 1.54) is 0 Å². The molecule has 1 saturated heterocycles. The Kier molecular flexibility index (Phi) is 4.31. The third kappa shape index (κ3) is 3.49. The number of hydrogen-bond donors (Lipinski definition) is 1. The van der Waals surface area contributed by atoms with Gasteiger partial charge in [0, 0.05) is 46.0 Å². The Morgan fingerprint density at radius 2 is 1.90 bits per heavy atom. The Hall–Kier alpha value is -2.14. The number of anilines is 2. The van der Waals surface area contributed by atoms with Crippen molar-refractivity contribution in [2.75, 3.05) is 43.4 Å². The molecule has 21 heavy (non-hydrogen) atoms. The number of piperazine rings is 1. The third-order valence-corrected chi connectivity index (χ3v) is 3.79. The average molecular weight is 283 g/mol. The lowest BCUT2D eigenvalue weighted by atomic mass is 10.2. The maximum absolute atomic E-state index is 4.58. The minimum Gasteiger partial charge on any atom is -0.373 e. The van der Waals surface area contributed by atoms with Crippen LogP contribution in [0.1, 0.15) is 5.69 Å². The molecule has 110 valence electrons. The molecule has 1 aliphatic heterocycles. The predicted octanol–water partition coefficient (Wildman–Crippen LogP) is 1.84. The first-order valence-corrected chi connectivity index (χ1v) is 7.37. The Morgan fingerprint density at radius 3 is 2.62 bits per heavy atom. The summed E-state index contributed by atoms with van der Waals surface area (Å²) in [6, 6.07) is 12.2. The van der Waals surface area contributed by atoms with E-state index in [-0.39, 0.29) is 0 Å². The first-order chi connectivity index (χ1) is 10.3. The molecule has 0 aliphatic carbocycles. The van der Waals surface area contributed by atoms with Gasteiger partial charge < -0.3 is 10.2 Å². The molecule has 3 heterocycles. The molecule has 0 bridgehead atoms. The summed E-state index contributed by atoms with van der Waals surface area (Å²) in [4.78, 5) is 13.8. The number of rotatable bonds is 4. The van der Waals surface area contributed by atoms with Crippen molar-refractivity contribution in [1.82, 2.24) is 14.9 Å². The van der Waals surface area contributed by atoms with Crippen molar-refractivity contribution >= 4 is 11.6 Å². The molecule has 0 amide bonds. The zero-order valence-electron chi connectivity index (χ0n) is 12.4. The third-order valence-electron chi connectivity index (χ3n) is 3.79. The fraction of sp³-hybridized carbons (Fsp3) is 0.375. The Morgan fingerprint density at radius 1 is 1.05 bits per heavy atom. The first-order valence-electron chi connectivity index (χ1n) is 7.37. The molecule has 0 spiro atoms. The van der Waals surface area contributed by atoms with Crippen LogP contribution in [0.15, 0.2) is 42.6 Å². The maximum Gasteiger partial charge on any atom is 0.128 e. The largest absolute Gasteiger partial charge is 0.373 e. The Balaban J connectivity index is 1.56. The molecule has 1 aliphatic rings. The van der Waals surface area contributed by atoms with Crippen molar-refractivity contribution in [2.24, 2.45) is 0 Å². The molecule has 0 unspecified atom stereocenters. The lowest BCUT2D eigenvalue weighted by Crippen LogP contribution is -2.46. The van der Waals surface area contributed by atoms with Crippen LogP contribution < -0.4 is 10.2 Å². The quantitative estimate of drug-likeness (QED) is 0.927.